The van der Waals surface area contributed by atoms with Crippen molar-refractivity contribution in [1.82, 2.24) is 20.1 Å². The second kappa shape index (κ2) is 6.81. The van der Waals surface area contributed by atoms with Gasteiger partial charge in [-0.05, 0) is 55.7 Å². The molecule has 0 unspecified atom stereocenters. The molecule has 29 heavy (non-hydrogen) atoms. The van der Waals surface area contributed by atoms with Crippen LogP contribution in [0.15, 0.2) is 60.9 Å². The standard InChI is InChI=1S/C23H19FN4O/c1-14-6-7-15(23(29)27-17-8-9-17)10-18(14)20-11-16-12-26-28(22(16)13-25-20)21-5-3-2-4-19(21)24/h2-7,10-13,17H,8-9H2,1H3,(H,27,29). The quantitative estimate of drug-likeness (QED) is 0.565. The highest BCUT2D eigenvalue weighted by atomic mass is 19.1. The van der Waals surface area contributed by atoms with E-state index in [4.69, 9.17) is 0 Å². The largest absolute Gasteiger partial charge is 0.349 e. The van der Waals surface area contributed by atoms with Gasteiger partial charge < -0.3 is 5.32 Å². The number of rotatable bonds is 4. The maximum Gasteiger partial charge on any atom is 0.251 e. The van der Waals surface area contributed by atoms with Crippen molar-refractivity contribution in [2.75, 3.05) is 0 Å². The van der Waals surface area contributed by atoms with Crippen LogP contribution in [0.3, 0.4) is 0 Å². The molecule has 0 saturated heterocycles. The summed E-state index contributed by atoms with van der Waals surface area (Å²) in [7, 11) is 0. The topological polar surface area (TPSA) is 59.8 Å². The summed E-state index contributed by atoms with van der Waals surface area (Å²) in [6.07, 6.45) is 5.50. The Kier molecular flexibility index (Phi) is 4.12. The molecule has 5 rings (SSSR count). The van der Waals surface area contributed by atoms with E-state index in [0.717, 1.165) is 40.6 Å². The maximum atomic E-state index is 14.2. The number of carbonyl (C=O) groups is 1. The highest BCUT2D eigenvalue weighted by Gasteiger charge is 2.24. The number of carbonyl (C=O) groups excluding carboxylic acids is 1. The molecular weight excluding hydrogens is 367 g/mol. The number of amides is 1. The van der Waals surface area contributed by atoms with E-state index in [2.05, 4.69) is 15.4 Å². The fourth-order valence-electron chi connectivity index (χ4n) is 3.42. The van der Waals surface area contributed by atoms with Gasteiger partial charge in [0.2, 0.25) is 0 Å². The van der Waals surface area contributed by atoms with Crippen LogP contribution in [0.4, 0.5) is 4.39 Å². The average molecular weight is 386 g/mol. The minimum atomic E-state index is -0.341. The Bertz CT molecular complexity index is 1240. The lowest BCUT2D eigenvalue weighted by atomic mass is 10.0. The van der Waals surface area contributed by atoms with Crippen LogP contribution in [-0.2, 0) is 0 Å². The molecule has 4 aromatic rings. The monoisotopic (exact) mass is 386 g/mol. The van der Waals surface area contributed by atoms with Crippen LogP contribution in [-0.4, -0.2) is 26.7 Å². The van der Waals surface area contributed by atoms with Crippen molar-refractivity contribution in [2.45, 2.75) is 25.8 Å². The first kappa shape index (κ1) is 17.6. The first-order valence-electron chi connectivity index (χ1n) is 9.61. The van der Waals surface area contributed by atoms with E-state index in [1.807, 2.05) is 31.2 Å². The Morgan fingerprint density at radius 3 is 2.76 bits per heavy atom. The highest BCUT2D eigenvalue weighted by molar-refractivity contribution is 5.96. The van der Waals surface area contributed by atoms with E-state index in [0.29, 0.717) is 17.3 Å². The third-order valence-electron chi connectivity index (χ3n) is 5.22. The zero-order valence-corrected chi connectivity index (χ0v) is 15.9. The predicted molar refractivity (Wildman–Crippen MR) is 109 cm³/mol. The number of fused-ring (bicyclic) bond motifs is 1. The van der Waals surface area contributed by atoms with Crippen LogP contribution >= 0.6 is 0 Å². The molecule has 2 aromatic carbocycles. The molecule has 0 atom stereocenters. The third-order valence-corrected chi connectivity index (χ3v) is 5.22. The van der Waals surface area contributed by atoms with E-state index < -0.39 is 0 Å². The summed E-state index contributed by atoms with van der Waals surface area (Å²) in [4.78, 5) is 17.0. The number of benzene rings is 2. The molecule has 1 N–H and O–H groups in total. The summed E-state index contributed by atoms with van der Waals surface area (Å²) in [5.74, 6) is -0.394. The van der Waals surface area contributed by atoms with Crippen molar-refractivity contribution < 1.29 is 9.18 Å². The zero-order chi connectivity index (χ0) is 20.0. The first-order chi connectivity index (χ1) is 14.1. The van der Waals surface area contributed by atoms with E-state index in [-0.39, 0.29) is 11.7 Å². The van der Waals surface area contributed by atoms with Gasteiger partial charge in [0.15, 0.2) is 0 Å². The number of hydrogen-bond acceptors (Lipinski definition) is 3. The number of aromatic nitrogens is 3. The fourth-order valence-corrected chi connectivity index (χ4v) is 3.42. The van der Waals surface area contributed by atoms with Crippen molar-refractivity contribution in [2.24, 2.45) is 0 Å². The normalized spacial score (nSPS) is 13.6. The van der Waals surface area contributed by atoms with Gasteiger partial charge in [-0.3, -0.25) is 9.78 Å². The van der Waals surface area contributed by atoms with Gasteiger partial charge >= 0.3 is 0 Å². The minimum Gasteiger partial charge on any atom is -0.349 e. The van der Waals surface area contributed by atoms with E-state index in [9.17, 15) is 9.18 Å². The summed E-state index contributed by atoms with van der Waals surface area (Å²) < 4.78 is 15.7. The number of para-hydroxylation sites is 1. The molecule has 1 aliphatic rings. The molecular formula is C23H19FN4O. The van der Waals surface area contributed by atoms with Crippen molar-refractivity contribution in [3.05, 3.63) is 77.9 Å². The SMILES string of the molecule is Cc1ccc(C(=O)NC2CC2)cc1-c1cc2cnn(-c3ccccc3F)c2cn1. The van der Waals surface area contributed by atoms with Gasteiger partial charge in [0.05, 0.1) is 23.6 Å². The number of nitrogens with zero attached hydrogens (tertiary/aromatic N) is 3. The molecule has 1 fully saturated rings. The van der Waals surface area contributed by atoms with Crippen LogP contribution in [0.5, 0.6) is 0 Å². The van der Waals surface area contributed by atoms with Gasteiger partial charge in [0, 0.05) is 22.6 Å². The molecule has 0 spiro atoms. The predicted octanol–water partition coefficient (Wildman–Crippen LogP) is 4.43. The third kappa shape index (κ3) is 3.27. The Balaban J connectivity index is 1.54. The molecule has 0 radical (unpaired) electrons. The van der Waals surface area contributed by atoms with Crippen molar-refractivity contribution in [1.29, 1.82) is 0 Å². The summed E-state index contributed by atoms with van der Waals surface area (Å²) in [6, 6.07) is 14.4. The number of pyridine rings is 1. The molecule has 144 valence electrons. The lowest BCUT2D eigenvalue weighted by molar-refractivity contribution is 0.0951. The van der Waals surface area contributed by atoms with Crippen LogP contribution in [0.25, 0.3) is 27.8 Å². The molecule has 1 saturated carbocycles. The van der Waals surface area contributed by atoms with Crippen molar-refractivity contribution in [3.63, 3.8) is 0 Å². The van der Waals surface area contributed by atoms with Gasteiger partial charge in [0.25, 0.3) is 5.91 Å². The molecule has 1 amide bonds. The summed E-state index contributed by atoms with van der Waals surface area (Å²) in [6.45, 7) is 1.99. The second-order valence-electron chi connectivity index (χ2n) is 7.41. The Hall–Kier alpha value is -3.54. The molecule has 2 aromatic heterocycles. The molecule has 0 aliphatic heterocycles. The first-order valence-corrected chi connectivity index (χ1v) is 9.61. The number of hydrogen-bond donors (Lipinski definition) is 1. The minimum absolute atomic E-state index is 0.0535. The van der Waals surface area contributed by atoms with Gasteiger partial charge in [-0.15, -0.1) is 0 Å². The molecule has 0 bridgehead atoms. The van der Waals surface area contributed by atoms with Crippen molar-refractivity contribution >= 4 is 16.8 Å². The van der Waals surface area contributed by atoms with E-state index in [1.165, 1.54) is 6.07 Å². The van der Waals surface area contributed by atoms with Gasteiger partial charge in [-0.25, -0.2) is 9.07 Å². The van der Waals surface area contributed by atoms with Gasteiger partial charge in [-0.1, -0.05) is 18.2 Å². The van der Waals surface area contributed by atoms with Crippen LogP contribution < -0.4 is 5.32 Å². The number of aryl methyl sites for hydroxylation is 1. The van der Waals surface area contributed by atoms with Crippen LogP contribution in [0, 0.1) is 12.7 Å². The Labute approximate surface area is 167 Å². The average Bonchev–Trinajstić information content (AvgIpc) is 3.44. The molecule has 2 heterocycles. The number of halogens is 1. The molecule has 5 nitrogen and oxygen atoms in total. The van der Waals surface area contributed by atoms with E-state index >= 15 is 0 Å². The Morgan fingerprint density at radius 1 is 1.14 bits per heavy atom. The Morgan fingerprint density at radius 2 is 1.97 bits per heavy atom. The van der Waals surface area contributed by atoms with E-state index in [1.54, 1.807) is 35.3 Å². The second-order valence-corrected chi connectivity index (χ2v) is 7.41. The maximum absolute atomic E-state index is 14.2. The van der Waals surface area contributed by atoms with Crippen LogP contribution in [0.1, 0.15) is 28.8 Å². The lowest BCUT2D eigenvalue weighted by Crippen LogP contribution is -2.25. The summed E-state index contributed by atoms with van der Waals surface area (Å²) >= 11 is 0. The summed E-state index contributed by atoms with van der Waals surface area (Å²) in [5.41, 5.74) is 4.41. The summed E-state index contributed by atoms with van der Waals surface area (Å²) in [5, 5.41) is 8.21. The molecule has 1 aliphatic carbocycles. The zero-order valence-electron chi connectivity index (χ0n) is 15.9. The van der Waals surface area contributed by atoms with Gasteiger partial charge in [0.1, 0.15) is 11.5 Å². The highest BCUT2D eigenvalue weighted by Crippen LogP contribution is 2.28. The number of nitrogens with one attached hydrogen (secondary N) is 1. The lowest BCUT2D eigenvalue weighted by Gasteiger charge is -2.10. The van der Waals surface area contributed by atoms with Crippen molar-refractivity contribution in [3.8, 4) is 16.9 Å². The smallest absolute Gasteiger partial charge is 0.251 e. The van der Waals surface area contributed by atoms with Gasteiger partial charge in [-0.2, -0.15) is 5.10 Å². The fraction of sp³-hybridized carbons (Fsp3) is 0.174. The molecule has 6 heteroatoms. The van der Waals surface area contributed by atoms with Crippen LogP contribution in [0.2, 0.25) is 0 Å².